The Morgan fingerprint density at radius 1 is 1.14 bits per heavy atom. The van der Waals surface area contributed by atoms with Crippen LogP contribution in [0.1, 0.15) is 5.56 Å². The Morgan fingerprint density at radius 2 is 1.89 bits per heavy atom. The molecule has 0 spiro atoms. The number of carbonyl (C=O) groups is 1. The summed E-state index contributed by atoms with van der Waals surface area (Å²) in [6.45, 7) is 0.216. The standard InChI is InChI=1S/C19H12N2O5S2/c22-18-17(3-1-2-12-4-9-15-16(10-12)26-11-25-15)28-19(27)20(18)13-5-7-14(8-6-13)21(23)24/h1-10H,11H2/b2-1+,17-3+. The van der Waals surface area contributed by atoms with Gasteiger partial charge in [0.2, 0.25) is 6.79 Å². The molecule has 140 valence electrons. The minimum absolute atomic E-state index is 0.0450. The van der Waals surface area contributed by atoms with Gasteiger partial charge in [0.25, 0.3) is 11.6 Å². The van der Waals surface area contributed by atoms with E-state index in [1.165, 1.54) is 40.9 Å². The van der Waals surface area contributed by atoms with Gasteiger partial charge in [-0.25, -0.2) is 0 Å². The molecule has 0 bridgehead atoms. The van der Waals surface area contributed by atoms with Crippen LogP contribution in [0, 0.1) is 10.1 Å². The van der Waals surface area contributed by atoms with Crippen LogP contribution in [0.3, 0.4) is 0 Å². The predicted octanol–water partition coefficient (Wildman–Crippen LogP) is 4.29. The number of nitro benzene ring substituents is 1. The number of nitro groups is 1. The third-order valence-electron chi connectivity index (χ3n) is 4.05. The SMILES string of the molecule is O=C1/C(=C\C=C\c2ccc3c(c2)OCO3)SC(=S)N1c1ccc([N+](=O)[O-])cc1. The molecule has 0 aromatic heterocycles. The molecule has 0 atom stereocenters. The Kier molecular flexibility index (Phi) is 4.84. The first-order chi connectivity index (χ1) is 13.5. The fraction of sp³-hybridized carbons (Fsp3) is 0.0526. The molecule has 2 aromatic rings. The lowest BCUT2D eigenvalue weighted by molar-refractivity contribution is -0.384. The van der Waals surface area contributed by atoms with Crippen LogP contribution in [0.5, 0.6) is 11.5 Å². The number of thioether (sulfide) groups is 1. The Morgan fingerprint density at radius 3 is 2.64 bits per heavy atom. The summed E-state index contributed by atoms with van der Waals surface area (Å²) < 4.78 is 11.0. The third-order valence-corrected chi connectivity index (χ3v) is 5.37. The van der Waals surface area contributed by atoms with Crippen LogP contribution in [0.4, 0.5) is 11.4 Å². The Bertz CT molecular complexity index is 1050. The summed E-state index contributed by atoms with van der Waals surface area (Å²) >= 11 is 6.48. The Hall–Kier alpha value is -3.17. The molecule has 2 heterocycles. The maximum atomic E-state index is 12.7. The highest BCUT2D eigenvalue weighted by Crippen LogP contribution is 2.36. The number of hydrogen-bond donors (Lipinski definition) is 0. The molecule has 0 radical (unpaired) electrons. The van der Waals surface area contributed by atoms with E-state index in [4.69, 9.17) is 21.7 Å². The van der Waals surface area contributed by atoms with Crippen LogP contribution in [-0.2, 0) is 4.79 Å². The first-order valence-electron chi connectivity index (χ1n) is 8.12. The van der Waals surface area contributed by atoms with Crippen LogP contribution in [0.15, 0.2) is 59.5 Å². The van der Waals surface area contributed by atoms with E-state index >= 15 is 0 Å². The summed E-state index contributed by atoms with van der Waals surface area (Å²) in [5, 5.41) is 10.8. The molecular formula is C19H12N2O5S2. The number of hydrogen-bond acceptors (Lipinski definition) is 7. The van der Waals surface area contributed by atoms with E-state index < -0.39 is 4.92 Å². The highest BCUT2D eigenvalue weighted by molar-refractivity contribution is 8.27. The molecule has 9 heteroatoms. The molecule has 2 aromatic carbocycles. The van der Waals surface area contributed by atoms with Gasteiger partial charge >= 0.3 is 0 Å². The number of fused-ring (bicyclic) bond motifs is 1. The minimum atomic E-state index is -0.491. The van der Waals surface area contributed by atoms with Crippen molar-refractivity contribution >= 4 is 51.7 Å². The van der Waals surface area contributed by atoms with Gasteiger partial charge in [0.15, 0.2) is 15.8 Å². The van der Waals surface area contributed by atoms with Crippen molar-refractivity contribution in [2.75, 3.05) is 11.7 Å². The van der Waals surface area contributed by atoms with E-state index in [0.717, 1.165) is 5.56 Å². The number of amides is 1. The summed E-state index contributed by atoms with van der Waals surface area (Å²) in [4.78, 5) is 24.8. The van der Waals surface area contributed by atoms with Gasteiger partial charge in [-0.15, -0.1) is 0 Å². The highest BCUT2D eigenvalue weighted by Gasteiger charge is 2.33. The molecule has 1 amide bonds. The molecule has 0 unspecified atom stereocenters. The third kappa shape index (κ3) is 3.49. The van der Waals surface area contributed by atoms with E-state index in [9.17, 15) is 14.9 Å². The van der Waals surface area contributed by atoms with Crippen molar-refractivity contribution in [3.8, 4) is 11.5 Å². The average Bonchev–Trinajstić information content (AvgIpc) is 3.26. The molecule has 0 N–H and O–H groups in total. The second kappa shape index (κ2) is 7.45. The van der Waals surface area contributed by atoms with Crippen LogP contribution in [0.2, 0.25) is 0 Å². The summed E-state index contributed by atoms with van der Waals surface area (Å²) in [6.07, 6.45) is 5.30. The van der Waals surface area contributed by atoms with Crippen molar-refractivity contribution in [2.24, 2.45) is 0 Å². The topological polar surface area (TPSA) is 81.9 Å². The molecule has 0 aliphatic carbocycles. The lowest BCUT2D eigenvalue weighted by atomic mass is 10.2. The largest absolute Gasteiger partial charge is 0.454 e. The van der Waals surface area contributed by atoms with Crippen molar-refractivity contribution in [1.29, 1.82) is 0 Å². The number of allylic oxidation sites excluding steroid dienone is 2. The molecule has 2 aliphatic heterocycles. The first kappa shape index (κ1) is 18.2. The smallest absolute Gasteiger partial charge is 0.270 e. The molecule has 1 saturated heterocycles. The lowest BCUT2D eigenvalue weighted by Gasteiger charge is -2.13. The fourth-order valence-corrected chi connectivity index (χ4v) is 3.94. The summed E-state index contributed by atoms with van der Waals surface area (Å²) in [5.41, 5.74) is 1.36. The van der Waals surface area contributed by atoms with Gasteiger partial charge in [-0.3, -0.25) is 19.8 Å². The van der Waals surface area contributed by atoms with Gasteiger partial charge in [-0.05, 0) is 35.9 Å². The van der Waals surface area contributed by atoms with E-state index in [1.807, 2.05) is 24.3 Å². The number of rotatable bonds is 4. The van der Waals surface area contributed by atoms with Gasteiger partial charge in [0.05, 0.1) is 15.5 Å². The zero-order chi connectivity index (χ0) is 19.7. The Labute approximate surface area is 169 Å². The van der Waals surface area contributed by atoms with Gasteiger partial charge in [0, 0.05) is 12.1 Å². The van der Waals surface area contributed by atoms with E-state index in [0.29, 0.717) is 26.4 Å². The van der Waals surface area contributed by atoms with Crippen LogP contribution < -0.4 is 14.4 Å². The van der Waals surface area contributed by atoms with Gasteiger partial charge < -0.3 is 9.47 Å². The zero-order valence-corrected chi connectivity index (χ0v) is 15.9. The number of non-ortho nitro benzene ring substituents is 1. The van der Waals surface area contributed by atoms with Crippen molar-refractivity contribution < 1.29 is 19.2 Å². The Balaban J connectivity index is 1.51. The first-order valence-corrected chi connectivity index (χ1v) is 9.34. The fourth-order valence-electron chi connectivity index (χ4n) is 2.69. The average molecular weight is 412 g/mol. The lowest BCUT2D eigenvalue weighted by Crippen LogP contribution is -2.27. The molecular weight excluding hydrogens is 400 g/mol. The maximum Gasteiger partial charge on any atom is 0.270 e. The zero-order valence-electron chi connectivity index (χ0n) is 14.2. The molecule has 4 rings (SSSR count). The van der Waals surface area contributed by atoms with E-state index in [1.54, 1.807) is 12.2 Å². The quantitative estimate of drug-likeness (QED) is 0.321. The number of benzene rings is 2. The molecule has 1 fully saturated rings. The summed E-state index contributed by atoms with van der Waals surface area (Å²) in [5.74, 6) is 1.13. The normalized spacial score (nSPS) is 17.1. The van der Waals surface area contributed by atoms with Crippen molar-refractivity contribution in [3.05, 3.63) is 75.2 Å². The maximum absolute atomic E-state index is 12.7. The second-order valence-corrected chi connectivity index (χ2v) is 7.46. The molecule has 0 saturated carbocycles. The number of carbonyl (C=O) groups excluding carboxylic acids is 1. The number of nitrogens with zero attached hydrogens (tertiary/aromatic N) is 2. The molecule has 28 heavy (non-hydrogen) atoms. The second-order valence-electron chi connectivity index (χ2n) is 5.78. The van der Waals surface area contributed by atoms with Crippen molar-refractivity contribution in [3.63, 3.8) is 0 Å². The van der Waals surface area contributed by atoms with Gasteiger partial charge in [-0.2, -0.15) is 0 Å². The molecule has 2 aliphatic rings. The van der Waals surface area contributed by atoms with Crippen molar-refractivity contribution in [2.45, 2.75) is 0 Å². The monoisotopic (exact) mass is 412 g/mol. The van der Waals surface area contributed by atoms with E-state index in [-0.39, 0.29) is 18.4 Å². The molecule has 7 nitrogen and oxygen atoms in total. The van der Waals surface area contributed by atoms with Gasteiger partial charge in [0.1, 0.15) is 0 Å². The van der Waals surface area contributed by atoms with Crippen LogP contribution in [-0.4, -0.2) is 21.9 Å². The van der Waals surface area contributed by atoms with Gasteiger partial charge in [-0.1, -0.05) is 42.2 Å². The number of anilines is 1. The van der Waals surface area contributed by atoms with Crippen LogP contribution in [0.25, 0.3) is 6.08 Å². The van der Waals surface area contributed by atoms with E-state index in [2.05, 4.69) is 0 Å². The highest BCUT2D eigenvalue weighted by atomic mass is 32.2. The minimum Gasteiger partial charge on any atom is -0.454 e. The summed E-state index contributed by atoms with van der Waals surface area (Å²) in [7, 11) is 0. The summed E-state index contributed by atoms with van der Waals surface area (Å²) in [6, 6.07) is 11.3. The van der Waals surface area contributed by atoms with Crippen molar-refractivity contribution in [1.82, 2.24) is 0 Å². The van der Waals surface area contributed by atoms with Crippen LogP contribution >= 0.6 is 24.0 Å². The number of thiocarbonyl (C=S) groups is 1. The predicted molar refractivity (Wildman–Crippen MR) is 110 cm³/mol. The number of ether oxygens (including phenoxy) is 2.